The second-order valence-corrected chi connectivity index (χ2v) is 7.38. The number of hydrogen-bond acceptors (Lipinski definition) is 6. The molecule has 34 heavy (non-hydrogen) atoms. The van der Waals surface area contributed by atoms with Gasteiger partial charge in [0.25, 0.3) is 5.56 Å². The van der Waals surface area contributed by atoms with Gasteiger partial charge < -0.3 is 14.6 Å². The lowest BCUT2D eigenvalue weighted by Gasteiger charge is -2.14. The van der Waals surface area contributed by atoms with Crippen molar-refractivity contribution in [3.63, 3.8) is 0 Å². The first-order valence-corrected chi connectivity index (χ1v) is 10.9. The van der Waals surface area contributed by atoms with Gasteiger partial charge in [0.1, 0.15) is 5.75 Å². The predicted molar refractivity (Wildman–Crippen MR) is 132 cm³/mol. The number of carbonyl (C=O) groups is 1. The number of rotatable bonds is 7. The molecular formula is C27H24N2O5. The van der Waals surface area contributed by atoms with Crippen molar-refractivity contribution in [3.8, 4) is 17.3 Å². The maximum atomic E-state index is 13.2. The van der Waals surface area contributed by atoms with Crippen molar-refractivity contribution in [2.75, 3.05) is 13.2 Å². The van der Waals surface area contributed by atoms with E-state index in [1.165, 1.54) is 10.8 Å². The number of hydrogen-bond donors (Lipinski definition) is 1. The van der Waals surface area contributed by atoms with Crippen molar-refractivity contribution in [1.29, 1.82) is 0 Å². The average molecular weight is 456 g/mol. The summed E-state index contributed by atoms with van der Waals surface area (Å²) in [5, 5.41) is 12.2. The third-order valence-corrected chi connectivity index (χ3v) is 5.23. The van der Waals surface area contributed by atoms with E-state index in [0.29, 0.717) is 39.9 Å². The number of benzene rings is 3. The minimum Gasteiger partial charge on any atom is -0.494 e. The summed E-state index contributed by atoms with van der Waals surface area (Å²) in [7, 11) is 0. The lowest BCUT2D eigenvalue weighted by molar-refractivity contribution is 0.0526. The Morgan fingerprint density at radius 1 is 0.941 bits per heavy atom. The minimum atomic E-state index is -0.452. The molecule has 0 atom stereocenters. The lowest BCUT2D eigenvalue weighted by atomic mass is 10.1. The molecule has 7 heteroatoms. The first-order chi connectivity index (χ1) is 16.5. The van der Waals surface area contributed by atoms with Crippen LogP contribution >= 0.6 is 0 Å². The lowest BCUT2D eigenvalue weighted by Crippen LogP contribution is -2.20. The normalized spacial score (nSPS) is 11.1. The van der Waals surface area contributed by atoms with Gasteiger partial charge in [0.05, 0.1) is 35.7 Å². The highest BCUT2D eigenvalue weighted by Crippen LogP contribution is 2.27. The molecule has 3 aromatic carbocycles. The van der Waals surface area contributed by atoms with E-state index in [-0.39, 0.29) is 18.0 Å². The van der Waals surface area contributed by atoms with E-state index in [9.17, 15) is 14.7 Å². The van der Waals surface area contributed by atoms with Crippen molar-refractivity contribution in [1.82, 2.24) is 4.57 Å². The Hall–Kier alpha value is -4.39. The van der Waals surface area contributed by atoms with Crippen molar-refractivity contribution in [2.45, 2.75) is 13.8 Å². The zero-order valence-corrected chi connectivity index (χ0v) is 18.9. The van der Waals surface area contributed by atoms with Crippen LogP contribution in [-0.2, 0) is 4.74 Å². The highest BCUT2D eigenvalue weighted by atomic mass is 16.5. The molecule has 0 unspecified atom stereocenters. The second-order valence-electron chi connectivity index (χ2n) is 7.38. The van der Waals surface area contributed by atoms with Gasteiger partial charge in [-0.15, -0.1) is 0 Å². The molecular weight excluding hydrogens is 432 g/mol. The van der Waals surface area contributed by atoms with Crippen LogP contribution in [0.3, 0.4) is 0 Å². The summed E-state index contributed by atoms with van der Waals surface area (Å²) >= 11 is 0. The quantitative estimate of drug-likeness (QED) is 0.311. The summed E-state index contributed by atoms with van der Waals surface area (Å²) in [6, 6.07) is 20.6. The van der Waals surface area contributed by atoms with Crippen LogP contribution in [0.2, 0.25) is 0 Å². The third kappa shape index (κ3) is 4.54. The minimum absolute atomic E-state index is 0.248. The second kappa shape index (κ2) is 10.0. The van der Waals surface area contributed by atoms with Crippen LogP contribution in [0.15, 0.2) is 82.6 Å². The van der Waals surface area contributed by atoms with Crippen LogP contribution in [0.1, 0.15) is 29.8 Å². The van der Waals surface area contributed by atoms with Gasteiger partial charge in [-0.2, -0.15) is 0 Å². The zero-order valence-electron chi connectivity index (χ0n) is 18.9. The molecule has 0 bridgehead atoms. The van der Waals surface area contributed by atoms with E-state index in [2.05, 4.69) is 4.99 Å². The van der Waals surface area contributed by atoms with Gasteiger partial charge in [0, 0.05) is 17.0 Å². The molecule has 1 N–H and O–H groups in total. The monoisotopic (exact) mass is 456 g/mol. The number of aliphatic imine (C=N–C) groups is 1. The molecule has 0 amide bonds. The van der Waals surface area contributed by atoms with E-state index in [1.807, 2.05) is 31.2 Å². The van der Waals surface area contributed by atoms with Gasteiger partial charge in [-0.25, -0.2) is 9.36 Å². The predicted octanol–water partition coefficient (Wildman–Crippen LogP) is 5.02. The SMILES string of the molecule is CCOC(=O)c1ccc(-n2c(O)c(C=Nc3ccc(OCC)cc3)c3ccccc3c2=O)cc1. The zero-order chi connectivity index (χ0) is 24.1. The highest BCUT2D eigenvalue weighted by Gasteiger charge is 2.17. The number of fused-ring (bicyclic) bond motifs is 1. The van der Waals surface area contributed by atoms with E-state index >= 15 is 0 Å². The molecule has 1 heterocycles. The van der Waals surface area contributed by atoms with Crippen molar-refractivity contribution >= 4 is 28.6 Å². The molecule has 172 valence electrons. The van der Waals surface area contributed by atoms with Crippen LogP contribution < -0.4 is 10.3 Å². The topological polar surface area (TPSA) is 90.1 Å². The maximum absolute atomic E-state index is 13.2. The largest absolute Gasteiger partial charge is 0.494 e. The molecule has 0 fully saturated rings. The summed E-state index contributed by atoms with van der Waals surface area (Å²) in [6.07, 6.45) is 1.54. The molecule has 4 aromatic rings. The Kier molecular flexibility index (Phi) is 6.73. The maximum Gasteiger partial charge on any atom is 0.338 e. The Balaban J connectivity index is 1.80. The molecule has 7 nitrogen and oxygen atoms in total. The highest BCUT2D eigenvalue weighted by molar-refractivity contribution is 6.02. The average Bonchev–Trinajstić information content (AvgIpc) is 2.86. The Morgan fingerprint density at radius 2 is 1.62 bits per heavy atom. The van der Waals surface area contributed by atoms with Gasteiger partial charge in [0.2, 0.25) is 5.88 Å². The van der Waals surface area contributed by atoms with Crippen LogP contribution in [0.5, 0.6) is 11.6 Å². The van der Waals surface area contributed by atoms with Gasteiger partial charge in [-0.3, -0.25) is 9.79 Å². The molecule has 0 saturated carbocycles. The molecule has 0 radical (unpaired) electrons. The number of nitrogens with zero attached hydrogens (tertiary/aromatic N) is 2. The molecule has 4 rings (SSSR count). The van der Waals surface area contributed by atoms with E-state index in [0.717, 1.165) is 5.75 Å². The molecule has 0 aliphatic heterocycles. The summed E-state index contributed by atoms with van der Waals surface area (Å²) in [5.74, 6) is 0.0455. The van der Waals surface area contributed by atoms with E-state index in [1.54, 1.807) is 55.5 Å². The molecule has 1 aromatic heterocycles. The van der Waals surface area contributed by atoms with Crippen molar-refractivity contribution in [2.24, 2.45) is 4.99 Å². The third-order valence-electron chi connectivity index (χ3n) is 5.23. The van der Waals surface area contributed by atoms with Crippen LogP contribution in [0.4, 0.5) is 5.69 Å². The van der Waals surface area contributed by atoms with Gasteiger partial charge in [0.15, 0.2) is 0 Å². The van der Waals surface area contributed by atoms with Crippen LogP contribution in [0, 0.1) is 0 Å². The van der Waals surface area contributed by atoms with Gasteiger partial charge in [-0.05, 0) is 68.4 Å². The molecule has 0 aliphatic rings. The number of pyridine rings is 1. The number of aromatic nitrogens is 1. The fraction of sp³-hybridized carbons (Fsp3) is 0.148. The van der Waals surface area contributed by atoms with Crippen LogP contribution in [0.25, 0.3) is 16.5 Å². The molecule has 0 saturated heterocycles. The summed E-state index contributed by atoms with van der Waals surface area (Å²) in [6.45, 7) is 4.49. The summed E-state index contributed by atoms with van der Waals surface area (Å²) in [4.78, 5) is 29.7. The fourth-order valence-corrected chi connectivity index (χ4v) is 3.62. The Labute approximate surface area is 196 Å². The fourth-order valence-electron chi connectivity index (χ4n) is 3.62. The molecule has 0 aliphatic carbocycles. The summed E-state index contributed by atoms with van der Waals surface area (Å²) in [5.41, 5.74) is 1.46. The van der Waals surface area contributed by atoms with Crippen LogP contribution in [-0.4, -0.2) is 35.1 Å². The number of esters is 1. The summed E-state index contributed by atoms with van der Waals surface area (Å²) < 4.78 is 11.7. The number of ether oxygens (including phenoxy) is 2. The Morgan fingerprint density at radius 3 is 2.26 bits per heavy atom. The Bertz CT molecular complexity index is 1400. The van der Waals surface area contributed by atoms with E-state index in [4.69, 9.17) is 9.47 Å². The smallest absolute Gasteiger partial charge is 0.338 e. The number of aromatic hydroxyl groups is 1. The van der Waals surface area contributed by atoms with Crippen molar-refractivity contribution < 1.29 is 19.4 Å². The van der Waals surface area contributed by atoms with E-state index < -0.39 is 5.97 Å². The standard InChI is InChI=1S/C27H24N2O5/c1-3-33-21-15-11-19(12-16-21)28-17-24-22-7-5-6-8-23(22)25(30)29(26(24)31)20-13-9-18(10-14-20)27(32)34-4-2/h5-17,31H,3-4H2,1-2H3. The first kappa shape index (κ1) is 22.8. The first-order valence-electron chi connectivity index (χ1n) is 10.9. The van der Waals surface area contributed by atoms with Gasteiger partial charge >= 0.3 is 5.97 Å². The molecule has 0 spiro atoms. The van der Waals surface area contributed by atoms with Gasteiger partial charge in [-0.1, -0.05) is 18.2 Å². The number of carbonyl (C=O) groups excluding carboxylic acids is 1. The van der Waals surface area contributed by atoms with Crippen molar-refractivity contribution in [3.05, 3.63) is 94.3 Å².